The SMILES string of the molecule is CCCCCCCCNC(Nc1ncnc2c(CN[C@H](CO)CS)c[nH]c12)c1c[nH]c2c(N)ncnc12. The zero-order valence-electron chi connectivity index (χ0n) is 21.3. The summed E-state index contributed by atoms with van der Waals surface area (Å²) in [4.78, 5) is 24.2. The Labute approximate surface area is 222 Å². The Balaban J connectivity index is 1.54. The number of aliphatic hydroxyl groups is 1. The number of thiol groups is 1. The molecule has 0 aromatic carbocycles. The standard InChI is InChI=1S/C25H38N10OS/c1-2-3-4-5-6-7-8-27-24(18-11-30-21-20(18)32-14-33-23(21)26)35-25-22-19(31-15-34-25)16(10-29-22)9-28-17(12-36)13-37/h10-11,14-15,17,24,27-30,36-37H,2-9,12-13H2,1H3,(H2,26,32,33)(H,31,34,35)/t17-,24?/m1/s1. The van der Waals surface area contributed by atoms with Gasteiger partial charge in [-0.05, 0) is 13.0 Å². The van der Waals surface area contributed by atoms with Crippen LogP contribution in [0.25, 0.3) is 22.1 Å². The number of H-pyrrole nitrogens is 2. The Kier molecular flexibility index (Phi) is 9.94. The van der Waals surface area contributed by atoms with Crippen LogP contribution in [0, 0.1) is 0 Å². The fourth-order valence-corrected chi connectivity index (χ4v) is 4.65. The first-order valence-electron chi connectivity index (χ1n) is 13.0. The number of nitrogens with one attached hydrogen (secondary N) is 5. The molecule has 200 valence electrons. The van der Waals surface area contributed by atoms with Gasteiger partial charge in [-0.15, -0.1) is 0 Å². The van der Waals surface area contributed by atoms with Crippen molar-refractivity contribution in [1.29, 1.82) is 0 Å². The molecule has 12 heteroatoms. The maximum Gasteiger partial charge on any atom is 0.155 e. The van der Waals surface area contributed by atoms with E-state index >= 15 is 0 Å². The van der Waals surface area contributed by atoms with E-state index in [1.54, 1.807) is 6.33 Å². The second-order valence-electron chi connectivity index (χ2n) is 9.23. The quantitative estimate of drug-likeness (QED) is 0.0621. The summed E-state index contributed by atoms with van der Waals surface area (Å²) < 4.78 is 0. The van der Waals surface area contributed by atoms with Crippen LogP contribution < -0.4 is 21.7 Å². The number of aromatic amines is 2. The third-order valence-electron chi connectivity index (χ3n) is 6.56. The van der Waals surface area contributed by atoms with E-state index < -0.39 is 0 Å². The van der Waals surface area contributed by atoms with Crippen LogP contribution in [0.2, 0.25) is 0 Å². The Morgan fingerprint density at radius 1 is 0.946 bits per heavy atom. The highest BCUT2D eigenvalue weighted by molar-refractivity contribution is 7.80. The van der Waals surface area contributed by atoms with Crippen LogP contribution >= 0.6 is 12.6 Å². The summed E-state index contributed by atoms with van der Waals surface area (Å²) in [7, 11) is 0. The molecule has 0 aliphatic rings. The molecule has 0 saturated carbocycles. The van der Waals surface area contributed by atoms with Gasteiger partial charge in [-0.2, -0.15) is 12.6 Å². The van der Waals surface area contributed by atoms with Crippen molar-refractivity contribution >= 4 is 46.3 Å². The van der Waals surface area contributed by atoms with Gasteiger partial charge in [0.15, 0.2) is 11.6 Å². The number of hydrogen-bond acceptors (Lipinski definition) is 10. The number of fused-ring (bicyclic) bond motifs is 2. The molecule has 0 amide bonds. The predicted octanol–water partition coefficient (Wildman–Crippen LogP) is 3.25. The summed E-state index contributed by atoms with van der Waals surface area (Å²) in [5, 5.41) is 20.0. The largest absolute Gasteiger partial charge is 0.395 e. The van der Waals surface area contributed by atoms with Gasteiger partial charge in [0.25, 0.3) is 0 Å². The smallest absolute Gasteiger partial charge is 0.155 e. The molecule has 0 aliphatic carbocycles. The lowest BCUT2D eigenvalue weighted by atomic mass is 10.1. The molecular formula is C25H38N10OS. The van der Waals surface area contributed by atoms with E-state index in [-0.39, 0.29) is 18.8 Å². The van der Waals surface area contributed by atoms with Gasteiger partial charge in [-0.25, -0.2) is 19.9 Å². The molecule has 0 fully saturated rings. The van der Waals surface area contributed by atoms with Crippen molar-refractivity contribution in [3.63, 3.8) is 0 Å². The molecule has 0 spiro atoms. The van der Waals surface area contributed by atoms with Crippen LogP contribution in [-0.2, 0) is 6.54 Å². The predicted molar refractivity (Wildman–Crippen MR) is 151 cm³/mol. The maximum absolute atomic E-state index is 9.46. The molecule has 4 heterocycles. The van der Waals surface area contributed by atoms with Gasteiger partial charge in [0.2, 0.25) is 0 Å². The number of anilines is 2. The highest BCUT2D eigenvalue weighted by Crippen LogP contribution is 2.28. The van der Waals surface area contributed by atoms with Crippen molar-refractivity contribution < 1.29 is 5.11 Å². The summed E-state index contributed by atoms with van der Waals surface area (Å²) in [5.41, 5.74) is 11.1. The van der Waals surface area contributed by atoms with Crippen molar-refractivity contribution in [3.8, 4) is 0 Å². The molecule has 4 aromatic heterocycles. The Morgan fingerprint density at radius 2 is 1.70 bits per heavy atom. The molecule has 0 bridgehead atoms. The monoisotopic (exact) mass is 526 g/mol. The second kappa shape index (κ2) is 13.6. The number of aromatic nitrogens is 6. The molecule has 37 heavy (non-hydrogen) atoms. The molecular weight excluding hydrogens is 488 g/mol. The van der Waals surface area contributed by atoms with E-state index in [1.165, 1.54) is 38.4 Å². The van der Waals surface area contributed by atoms with Gasteiger partial charge in [0, 0.05) is 41.9 Å². The minimum absolute atomic E-state index is 0.0261. The number of nitrogens with zero attached hydrogens (tertiary/aromatic N) is 4. The van der Waals surface area contributed by atoms with E-state index in [0.717, 1.165) is 46.2 Å². The van der Waals surface area contributed by atoms with E-state index in [2.05, 4.69) is 65.4 Å². The Bertz CT molecular complexity index is 1250. The zero-order valence-corrected chi connectivity index (χ0v) is 22.2. The molecule has 8 N–H and O–H groups in total. The van der Waals surface area contributed by atoms with Crippen LogP contribution in [0.1, 0.15) is 62.7 Å². The number of unbranched alkanes of at least 4 members (excludes halogenated alkanes) is 5. The third-order valence-corrected chi connectivity index (χ3v) is 7.00. The second-order valence-corrected chi connectivity index (χ2v) is 9.59. The lowest BCUT2D eigenvalue weighted by Crippen LogP contribution is -2.33. The van der Waals surface area contributed by atoms with E-state index in [9.17, 15) is 5.11 Å². The summed E-state index contributed by atoms with van der Waals surface area (Å²) in [5.74, 6) is 1.64. The highest BCUT2D eigenvalue weighted by Gasteiger charge is 2.20. The number of aliphatic hydroxyl groups excluding tert-OH is 1. The van der Waals surface area contributed by atoms with Crippen molar-refractivity contribution in [3.05, 3.63) is 36.2 Å². The lowest BCUT2D eigenvalue weighted by Gasteiger charge is -2.21. The van der Waals surface area contributed by atoms with Gasteiger partial charge in [0.1, 0.15) is 35.4 Å². The normalized spacial score (nSPS) is 13.4. The third kappa shape index (κ3) is 6.69. The lowest BCUT2D eigenvalue weighted by molar-refractivity contribution is 0.253. The van der Waals surface area contributed by atoms with Crippen LogP contribution in [0.4, 0.5) is 11.6 Å². The van der Waals surface area contributed by atoms with Gasteiger partial charge in [-0.1, -0.05) is 39.0 Å². The zero-order chi connectivity index (χ0) is 26.0. The average Bonchev–Trinajstić information content (AvgIpc) is 3.54. The van der Waals surface area contributed by atoms with E-state index in [4.69, 9.17) is 5.73 Å². The first-order valence-corrected chi connectivity index (χ1v) is 13.6. The van der Waals surface area contributed by atoms with E-state index in [0.29, 0.717) is 23.9 Å². The van der Waals surface area contributed by atoms with Crippen molar-refractivity contribution in [2.45, 2.75) is 64.2 Å². The number of nitrogens with two attached hydrogens (primary N) is 1. The maximum atomic E-state index is 9.46. The summed E-state index contributed by atoms with van der Waals surface area (Å²) in [6, 6.07) is -0.0837. The van der Waals surface area contributed by atoms with Gasteiger partial charge in [0.05, 0.1) is 12.1 Å². The molecule has 0 aliphatic heterocycles. The summed E-state index contributed by atoms with van der Waals surface area (Å²) in [6.45, 7) is 3.66. The first-order chi connectivity index (χ1) is 18.2. The molecule has 2 atom stereocenters. The molecule has 4 rings (SSSR count). The summed E-state index contributed by atoms with van der Waals surface area (Å²) in [6.07, 6.45) is 14.0. The average molecular weight is 527 g/mol. The van der Waals surface area contributed by atoms with Gasteiger partial charge >= 0.3 is 0 Å². The van der Waals surface area contributed by atoms with Crippen LogP contribution in [-0.4, -0.2) is 60.0 Å². The van der Waals surface area contributed by atoms with Gasteiger partial charge in [-0.3, -0.25) is 5.32 Å². The number of nitrogen functional groups attached to an aromatic ring is 1. The van der Waals surface area contributed by atoms with Crippen LogP contribution in [0.5, 0.6) is 0 Å². The van der Waals surface area contributed by atoms with Crippen LogP contribution in [0.15, 0.2) is 25.0 Å². The van der Waals surface area contributed by atoms with Crippen molar-refractivity contribution in [1.82, 2.24) is 40.5 Å². The van der Waals surface area contributed by atoms with Gasteiger partial charge < -0.3 is 31.4 Å². The fourth-order valence-electron chi connectivity index (χ4n) is 4.40. The molecule has 0 saturated heterocycles. The molecule has 4 aromatic rings. The van der Waals surface area contributed by atoms with E-state index in [1.807, 2.05) is 12.4 Å². The van der Waals surface area contributed by atoms with Crippen molar-refractivity contribution in [2.24, 2.45) is 0 Å². The Morgan fingerprint density at radius 3 is 2.51 bits per heavy atom. The number of rotatable bonds is 16. The topological polar surface area (TPSA) is 165 Å². The molecule has 1 unspecified atom stereocenters. The Hall–Kier alpha value is -2.93. The van der Waals surface area contributed by atoms with Crippen molar-refractivity contribution in [2.75, 3.05) is 30.0 Å². The highest BCUT2D eigenvalue weighted by atomic mass is 32.1. The number of hydrogen-bond donors (Lipinski definition) is 8. The molecule has 0 radical (unpaired) electrons. The fraction of sp³-hybridized carbons (Fsp3) is 0.520. The minimum atomic E-state index is -0.260. The van der Waals surface area contributed by atoms with Crippen LogP contribution in [0.3, 0.4) is 0 Å². The summed E-state index contributed by atoms with van der Waals surface area (Å²) >= 11 is 4.28. The molecule has 11 nitrogen and oxygen atoms in total. The minimum Gasteiger partial charge on any atom is -0.395 e. The first kappa shape index (κ1) is 27.1.